The van der Waals surface area contributed by atoms with Crippen LogP contribution in [0.1, 0.15) is 40.5 Å². The molecule has 1 aromatic heterocycles. The third kappa shape index (κ3) is 4.71. The SMILES string of the molecule is COc1ccc(-c2cc(C)nc(C3CCN(C(=O)c4cccc(OC)c4)CC3)c2)cc1. The van der Waals surface area contributed by atoms with Gasteiger partial charge in [-0.1, -0.05) is 18.2 Å². The Hall–Kier alpha value is -3.34. The van der Waals surface area contributed by atoms with Crippen LogP contribution in [-0.2, 0) is 0 Å². The van der Waals surface area contributed by atoms with Crippen LogP contribution in [0.25, 0.3) is 11.1 Å². The van der Waals surface area contributed by atoms with E-state index in [0.717, 1.165) is 48.6 Å². The zero-order valence-electron chi connectivity index (χ0n) is 18.3. The van der Waals surface area contributed by atoms with E-state index in [0.29, 0.717) is 17.2 Å². The molecular weight excluding hydrogens is 388 g/mol. The summed E-state index contributed by atoms with van der Waals surface area (Å²) in [7, 11) is 3.29. The molecule has 0 spiro atoms. The largest absolute Gasteiger partial charge is 0.497 e. The number of carbonyl (C=O) groups is 1. The molecule has 1 amide bonds. The van der Waals surface area contributed by atoms with Gasteiger partial charge < -0.3 is 14.4 Å². The van der Waals surface area contributed by atoms with Gasteiger partial charge in [0.2, 0.25) is 0 Å². The number of pyridine rings is 1. The molecule has 31 heavy (non-hydrogen) atoms. The Bertz CT molecular complexity index is 1050. The summed E-state index contributed by atoms with van der Waals surface area (Å²) in [5, 5.41) is 0. The van der Waals surface area contributed by atoms with Crippen molar-refractivity contribution in [3.8, 4) is 22.6 Å². The number of piperidine rings is 1. The second kappa shape index (κ2) is 9.21. The Labute approximate surface area is 183 Å². The Morgan fingerprint density at radius 3 is 2.29 bits per heavy atom. The predicted octanol–water partition coefficient (Wildman–Crippen LogP) is 5.09. The van der Waals surface area contributed by atoms with Gasteiger partial charge >= 0.3 is 0 Å². The summed E-state index contributed by atoms with van der Waals surface area (Å²) >= 11 is 0. The van der Waals surface area contributed by atoms with Crippen molar-refractivity contribution in [2.45, 2.75) is 25.7 Å². The van der Waals surface area contributed by atoms with Crippen molar-refractivity contribution in [1.82, 2.24) is 9.88 Å². The van der Waals surface area contributed by atoms with E-state index in [-0.39, 0.29) is 5.91 Å². The molecular formula is C26H28N2O3. The smallest absolute Gasteiger partial charge is 0.253 e. The maximum absolute atomic E-state index is 12.9. The fourth-order valence-corrected chi connectivity index (χ4v) is 4.17. The zero-order chi connectivity index (χ0) is 21.8. The number of nitrogens with zero attached hydrogens (tertiary/aromatic N) is 2. The fourth-order valence-electron chi connectivity index (χ4n) is 4.17. The summed E-state index contributed by atoms with van der Waals surface area (Å²) in [6.45, 7) is 3.50. The fraction of sp³-hybridized carbons (Fsp3) is 0.308. The van der Waals surface area contributed by atoms with E-state index < -0.39 is 0 Å². The van der Waals surface area contributed by atoms with Gasteiger partial charge in [0.1, 0.15) is 11.5 Å². The molecule has 1 aliphatic rings. The lowest BCUT2D eigenvalue weighted by Crippen LogP contribution is -2.38. The van der Waals surface area contributed by atoms with Gasteiger partial charge in [0, 0.05) is 36.0 Å². The highest BCUT2D eigenvalue weighted by molar-refractivity contribution is 5.94. The van der Waals surface area contributed by atoms with Crippen LogP contribution in [-0.4, -0.2) is 43.1 Å². The van der Waals surface area contributed by atoms with Crippen molar-refractivity contribution in [2.75, 3.05) is 27.3 Å². The van der Waals surface area contributed by atoms with Gasteiger partial charge in [0.15, 0.2) is 0 Å². The Morgan fingerprint density at radius 1 is 0.903 bits per heavy atom. The molecule has 0 unspecified atom stereocenters. The van der Waals surface area contributed by atoms with Crippen LogP contribution in [0.5, 0.6) is 11.5 Å². The van der Waals surface area contributed by atoms with E-state index in [9.17, 15) is 4.79 Å². The van der Waals surface area contributed by atoms with Crippen LogP contribution in [0.2, 0.25) is 0 Å². The quantitative estimate of drug-likeness (QED) is 0.581. The van der Waals surface area contributed by atoms with Crippen LogP contribution < -0.4 is 9.47 Å². The molecule has 4 rings (SSSR count). The summed E-state index contributed by atoms with van der Waals surface area (Å²) in [5.41, 5.74) is 5.11. The first-order valence-corrected chi connectivity index (χ1v) is 10.6. The Morgan fingerprint density at radius 2 is 1.61 bits per heavy atom. The van der Waals surface area contributed by atoms with E-state index in [1.165, 1.54) is 5.56 Å². The second-order valence-corrected chi connectivity index (χ2v) is 7.95. The Kier molecular flexibility index (Phi) is 6.21. The zero-order valence-corrected chi connectivity index (χ0v) is 18.3. The number of likely N-dealkylation sites (tertiary alicyclic amines) is 1. The topological polar surface area (TPSA) is 51.7 Å². The first-order valence-electron chi connectivity index (χ1n) is 10.6. The van der Waals surface area contributed by atoms with Crippen LogP contribution >= 0.6 is 0 Å². The van der Waals surface area contributed by atoms with Gasteiger partial charge in [-0.25, -0.2) is 0 Å². The monoisotopic (exact) mass is 416 g/mol. The van der Waals surface area contributed by atoms with Gasteiger partial charge in [-0.15, -0.1) is 0 Å². The van der Waals surface area contributed by atoms with Crippen molar-refractivity contribution in [2.24, 2.45) is 0 Å². The molecule has 1 aliphatic heterocycles. The maximum atomic E-state index is 12.9. The molecule has 0 saturated carbocycles. The second-order valence-electron chi connectivity index (χ2n) is 7.95. The molecule has 0 aliphatic carbocycles. The summed E-state index contributed by atoms with van der Waals surface area (Å²) < 4.78 is 10.5. The molecule has 160 valence electrons. The van der Waals surface area contributed by atoms with E-state index in [1.807, 2.05) is 42.2 Å². The van der Waals surface area contributed by atoms with Crippen molar-refractivity contribution in [3.63, 3.8) is 0 Å². The minimum atomic E-state index is 0.0634. The molecule has 0 atom stereocenters. The first kappa shape index (κ1) is 20.9. The lowest BCUT2D eigenvalue weighted by Gasteiger charge is -2.32. The third-order valence-electron chi connectivity index (χ3n) is 5.91. The number of aromatic nitrogens is 1. The van der Waals surface area contributed by atoms with Gasteiger partial charge in [0.25, 0.3) is 5.91 Å². The molecule has 1 fully saturated rings. The third-order valence-corrected chi connectivity index (χ3v) is 5.91. The van der Waals surface area contributed by atoms with E-state index >= 15 is 0 Å². The molecule has 0 bridgehead atoms. The molecule has 2 aromatic carbocycles. The number of carbonyl (C=O) groups excluding carboxylic acids is 1. The van der Waals surface area contributed by atoms with Crippen molar-refractivity contribution >= 4 is 5.91 Å². The summed E-state index contributed by atoms with van der Waals surface area (Å²) in [6.07, 6.45) is 1.82. The van der Waals surface area contributed by atoms with Crippen molar-refractivity contribution in [3.05, 3.63) is 77.6 Å². The number of benzene rings is 2. The normalized spacial score (nSPS) is 14.4. The number of hydrogen-bond donors (Lipinski definition) is 0. The highest BCUT2D eigenvalue weighted by Crippen LogP contribution is 2.31. The van der Waals surface area contributed by atoms with E-state index in [2.05, 4.69) is 24.3 Å². The highest BCUT2D eigenvalue weighted by atomic mass is 16.5. The molecule has 5 heteroatoms. The van der Waals surface area contributed by atoms with Crippen molar-refractivity contribution in [1.29, 1.82) is 0 Å². The summed E-state index contributed by atoms with van der Waals surface area (Å²) in [5.74, 6) is 1.97. The number of ether oxygens (including phenoxy) is 2. The van der Waals surface area contributed by atoms with E-state index in [4.69, 9.17) is 14.5 Å². The van der Waals surface area contributed by atoms with Gasteiger partial charge in [-0.2, -0.15) is 0 Å². The molecule has 1 saturated heterocycles. The number of aryl methyl sites for hydroxylation is 1. The standard InChI is InChI=1S/C26H28N2O3/c1-18-15-22(19-7-9-23(30-2)10-8-19)17-25(27-18)20-11-13-28(14-12-20)26(29)21-5-4-6-24(16-21)31-3/h4-10,15-17,20H,11-14H2,1-3H3. The Balaban J connectivity index is 1.47. The van der Waals surface area contributed by atoms with Crippen LogP contribution in [0.15, 0.2) is 60.7 Å². The van der Waals surface area contributed by atoms with E-state index in [1.54, 1.807) is 20.3 Å². The average molecular weight is 417 g/mol. The van der Waals surface area contributed by atoms with Gasteiger partial charge in [0.05, 0.1) is 14.2 Å². The number of hydrogen-bond acceptors (Lipinski definition) is 4. The molecule has 3 aromatic rings. The van der Waals surface area contributed by atoms with Crippen LogP contribution in [0.3, 0.4) is 0 Å². The van der Waals surface area contributed by atoms with Gasteiger partial charge in [-0.05, 0) is 73.4 Å². The first-order chi connectivity index (χ1) is 15.1. The van der Waals surface area contributed by atoms with Gasteiger partial charge in [-0.3, -0.25) is 9.78 Å². The molecule has 0 N–H and O–H groups in total. The minimum absolute atomic E-state index is 0.0634. The number of amides is 1. The number of rotatable bonds is 5. The van der Waals surface area contributed by atoms with Crippen LogP contribution in [0.4, 0.5) is 0 Å². The summed E-state index contributed by atoms with van der Waals surface area (Å²) in [4.78, 5) is 19.7. The molecule has 5 nitrogen and oxygen atoms in total. The lowest BCUT2D eigenvalue weighted by atomic mass is 9.91. The minimum Gasteiger partial charge on any atom is -0.497 e. The highest BCUT2D eigenvalue weighted by Gasteiger charge is 2.26. The number of methoxy groups -OCH3 is 2. The predicted molar refractivity (Wildman–Crippen MR) is 122 cm³/mol. The summed E-state index contributed by atoms with van der Waals surface area (Å²) in [6, 6.07) is 19.8. The van der Waals surface area contributed by atoms with Crippen LogP contribution in [0, 0.1) is 6.92 Å². The van der Waals surface area contributed by atoms with Crippen molar-refractivity contribution < 1.29 is 14.3 Å². The molecule has 0 radical (unpaired) electrons. The lowest BCUT2D eigenvalue weighted by molar-refractivity contribution is 0.0711. The maximum Gasteiger partial charge on any atom is 0.253 e. The molecule has 2 heterocycles. The average Bonchev–Trinajstić information content (AvgIpc) is 2.83.